The predicted octanol–water partition coefficient (Wildman–Crippen LogP) is 3.46. The Labute approximate surface area is 114 Å². The van der Waals surface area contributed by atoms with Gasteiger partial charge in [0.1, 0.15) is 5.76 Å². The molecule has 1 rings (SSSR count). The van der Waals surface area contributed by atoms with Crippen LogP contribution in [-0.2, 0) is 16.0 Å². The number of aryl methyl sites for hydroxylation is 1. The molecule has 0 aliphatic rings. The molecule has 0 heterocycles. The van der Waals surface area contributed by atoms with Crippen molar-refractivity contribution >= 4 is 11.6 Å². The lowest BCUT2D eigenvalue weighted by Crippen LogP contribution is -2.07. The van der Waals surface area contributed by atoms with Crippen LogP contribution in [0.1, 0.15) is 12.5 Å². The smallest absolute Gasteiger partial charge is 0.248 e. The summed E-state index contributed by atoms with van der Waals surface area (Å²) in [7, 11) is 1.54. The van der Waals surface area contributed by atoms with E-state index in [-0.39, 0.29) is 5.91 Å². The van der Waals surface area contributed by atoms with Crippen molar-refractivity contribution in [2.75, 3.05) is 12.4 Å². The minimum atomic E-state index is -0.198. The highest BCUT2D eigenvalue weighted by molar-refractivity contribution is 5.99. The zero-order chi connectivity index (χ0) is 14.1. The SMILES string of the molecule is C=C/C=C(/C=C/C(=O)Nc1ccc(CC)cc1)OC. The van der Waals surface area contributed by atoms with E-state index in [1.165, 1.54) is 11.6 Å². The number of hydrogen-bond acceptors (Lipinski definition) is 2. The molecule has 1 N–H and O–H groups in total. The molecule has 0 spiro atoms. The Morgan fingerprint density at radius 1 is 1.32 bits per heavy atom. The van der Waals surface area contributed by atoms with Crippen LogP contribution in [0.15, 0.2) is 60.9 Å². The fourth-order valence-corrected chi connectivity index (χ4v) is 1.47. The summed E-state index contributed by atoms with van der Waals surface area (Å²) in [5.41, 5.74) is 2.02. The molecule has 1 amide bonds. The van der Waals surface area contributed by atoms with Gasteiger partial charge in [0.05, 0.1) is 7.11 Å². The van der Waals surface area contributed by atoms with Gasteiger partial charge in [0, 0.05) is 11.8 Å². The molecule has 0 unspecified atom stereocenters. The van der Waals surface area contributed by atoms with Crippen molar-refractivity contribution in [3.63, 3.8) is 0 Å². The van der Waals surface area contributed by atoms with Gasteiger partial charge in [0.2, 0.25) is 5.91 Å². The third-order valence-corrected chi connectivity index (χ3v) is 2.55. The Kier molecular flexibility index (Phi) is 6.16. The van der Waals surface area contributed by atoms with Gasteiger partial charge >= 0.3 is 0 Å². The van der Waals surface area contributed by atoms with E-state index in [1.54, 1.807) is 25.3 Å². The zero-order valence-electron chi connectivity index (χ0n) is 11.3. The summed E-state index contributed by atoms with van der Waals surface area (Å²) >= 11 is 0. The molecular formula is C16H19NO2. The molecule has 19 heavy (non-hydrogen) atoms. The fourth-order valence-electron chi connectivity index (χ4n) is 1.47. The van der Waals surface area contributed by atoms with Crippen molar-refractivity contribution in [3.05, 3.63) is 66.5 Å². The highest BCUT2D eigenvalue weighted by Crippen LogP contribution is 2.10. The van der Waals surface area contributed by atoms with Crippen molar-refractivity contribution in [2.45, 2.75) is 13.3 Å². The summed E-state index contributed by atoms with van der Waals surface area (Å²) in [6.45, 7) is 5.66. The molecule has 0 saturated heterocycles. The minimum Gasteiger partial charge on any atom is -0.497 e. The zero-order valence-corrected chi connectivity index (χ0v) is 11.3. The van der Waals surface area contributed by atoms with Crippen LogP contribution in [0.5, 0.6) is 0 Å². The van der Waals surface area contributed by atoms with E-state index >= 15 is 0 Å². The lowest BCUT2D eigenvalue weighted by atomic mass is 10.1. The Bertz CT molecular complexity index is 484. The maximum absolute atomic E-state index is 11.7. The van der Waals surface area contributed by atoms with Gasteiger partial charge in [-0.1, -0.05) is 31.7 Å². The third-order valence-electron chi connectivity index (χ3n) is 2.55. The van der Waals surface area contributed by atoms with Crippen LogP contribution >= 0.6 is 0 Å². The van der Waals surface area contributed by atoms with Crippen LogP contribution in [0.2, 0.25) is 0 Å². The number of ether oxygens (including phenoxy) is 1. The largest absolute Gasteiger partial charge is 0.497 e. The lowest BCUT2D eigenvalue weighted by Gasteiger charge is -2.03. The first-order valence-electron chi connectivity index (χ1n) is 6.14. The summed E-state index contributed by atoms with van der Waals surface area (Å²) in [6.07, 6.45) is 7.28. The topological polar surface area (TPSA) is 38.3 Å². The molecule has 0 bridgehead atoms. The molecule has 3 nitrogen and oxygen atoms in total. The normalized spacial score (nSPS) is 11.4. The number of carbonyl (C=O) groups excluding carboxylic acids is 1. The third kappa shape index (κ3) is 5.25. The molecule has 1 aromatic rings. The molecule has 0 saturated carbocycles. The van der Waals surface area contributed by atoms with Crippen molar-refractivity contribution in [3.8, 4) is 0 Å². The van der Waals surface area contributed by atoms with E-state index in [0.29, 0.717) is 5.76 Å². The number of nitrogens with one attached hydrogen (secondary N) is 1. The Balaban J connectivity index is 2.61. The average Bonchev–Trinajstić information content (AvgIpc) is 2.44. The minimum absolute atomic E-state index is 0.198. The number of benzene rings is 1. The van der Waals surface area contributed by atoms with Gasteiger partial charge in [-0.3, -0.25) is 4.79 Å². The van der Waals surface area contributed by atoms with Gasteiger partial charge in [0.25, 0.3) is 0 Å². The maximum Gasteiger partial charge on any atom is 0.248 e. The first kappa shape index (κ1) is 14.8. The summed E-state index contributed by atoms with van der Waals surface area (Å²) in [4.78, 5) is 11.7. The van der Waals surface area contributed by atoms with E-state index in [4.69, 9.17) is 4.74 Å². The van der Waals surface area contributed by atoms with Gasteiger partial charge in [-0.15, -0.1) is 0 Å². The second kappa shape index (κ2) is 7.93. The second-order valence-electron chi connectivity index (χ2n) is 3.88. The summed E-state index contributed by atoms with van der Waals surface area (Å²) in [5.74, 6) is 0.378. The first-order chi connectivity index (χ1) is 9.19. The number of anilines is 1. The molecule has 100 valence electrons. The highest BCUT2D eigenvalue weighted by Gasteiger charge is 1.98. The van der Waals surface area contributed by atoms with Gasteiger partial charge < -0.3 is 10.1 Å². The Hall–Kier alpha value is -2.29. The fraction of sp³-hybridized carbons (Fsp3) is 0.188. The summed E-state index contributed by atoms with van der Waals surface area (Å²) in [5, 5.41) is 2.78. The molecule has 0 aliphatic heterocycles. The number of carbonyl (C=O) groups is 1. The van der Waals surface area contributed by atoms with Gasteiger partial charge in [-0.05, 0) is 36.3 Å². The van der Waals surface area contributed by atoms with E-state index in [9.17, 15) is 4.79 Å². The second-order valence-corrected chi connectivity index (χ2v) is 3.88. The monoisotopic (exact) mass is 257 g/mol. The van der Waals surface area contributed by atoms with E-state index in [1.807, 2.05) is 24.3 Å². The molecule has 0 aromatic heterocycles. The average molecular weight is 257 g/mol. The van der Waals surface area contributed by atoms with E-state index in [2.05, 4.69) is 18.8 Å². The standard InChI is InChI=1S/C16H19NO2/c1-4-6-15(19-3)11-12-16(18)17-14-9-7-13(5-2)8-10-14/h4,6-12H,1,5H2,2-3H3,(H,17,18)/b12-11+,15-6-. The van der Waals surface area contributed by atoms with Crippen molar-refractivity contribution < 1.29 is 9.53 Å². The Morgan fingerprint density at radius 3 is 2.53 bits per heavy atom. The molecule has 3 heteroatoms. The quantitative estimate of drug-likeness (QED) is 0.481. The van der Waals surface area contributed by atoms with Gasteiger partial charge in [-0.2, -0.15) is 0 Å². The van der Waals surface area contributed by atoms with E-state index in [0.717, 1.165) is 12.1 Å². The van der Waals surface area contributed by atoms with Crippen molar-refractivity contribution in [1.82, 2.24) is 0 Å². The molecule has 0 fully saturated rings. The number of rotatable bonds is 6. The molecule has 0 aliphatic carbocycles. The first-order valence-corrected chi connectivity index (χ1v) is 6.14. The summed E-state index contributed by atoms with van der Waals surface area (Å²) < 4.78 is 5.04. The van der Waals surface area contributed by atoms with Crippen molar-refractivity contribution in [2.24, 2.45) is 0 Å². The number of allylic oxidation sites excluding steroid dienone is 3. The van der Waals surface area contributed by atoms with Crippen molar-refractivity contribution in [1.29, 1.82) is 0 Å². The van der Waals surface area contributed by atoms with Crippen LogP contribution < -0.4 is 5.32 Å². The Morgan fingerprint density at radius 2 is 2.00 bits per heavy atom. The van der Waals surface area contributed by atoms with Crippen LogP contribution in [0.4, 0.5) is 5.69 Å². The van der Waals surface area contributed by atoms with Crippen LogP contribution in [0, 0.1) is 0 Å². The molecule has 0 atom stereocenters. The van der Waals surface area contributed by atoms with Crippen LogP contribution in [0.3, 0.4) is 0 Å². The molecular weight excluding hydrogens is 238 g/mol. The lowest BCUT2D eigenvalue weighted by molar-refractivity contribution is -0.111. The molecule has 1 aromatic carbocycles. The predicted molar refractivity (Wildman–Crippen MR) is 78.9 cm³/mol. The highest BCUT2D eigenvalue weighted by atomic mass is 16.5. The number of amides is 1. The van der Waals surface area contributed by atoms with Crippen LogP contribution in [0.25, 0.3) is 0 Å². The van der Waals surface area contributed by atoms with Crippen LogP contribution in [-0.4, -0.2) is 13.0 Å². The number of methoxy groups -OCH3 is 1. The maximum atomic E-state index is 11.7. The van der Waals surface area contributed by atoms with E-state index < -0.39 is 0 Å². The van der Waals surface area contributed by atoms with Gasteiger partial charge in [0.15, 0.2) is 0 Å². The van der Waals surface area contributed by atoms with Gasteiger partial charge in [-0.25, -0.2) is 0 Å². The summed E-state index contributed by atoms with van der Waals surface area (Å²) in [6, 6.07) is 7.78. The number of hydrogen-bond donors (Lipinski definition) is 1. The molecule has 0 radical (unpaired) electrons.